The van der Waals surface area contributed by atoms with Gasteiger partial charge in [-0.1, -0.05) is 30.4 Å². The lowest BCUT2D eigenvalue weighted by molar-refractivity contribution is 1.02. The largest absolute Gasteiger partial charge is 0.389 e. The maximum absolute atomic E-state index is 5.63. The highest BCUT2D eigenvalue weighted by molar-refractivity contribution is 7.80. The zero-order chi connectivity index (χ0) is 13.8. The number of thiocarbonyl (C=S) groups is 1. The summed E-state index contributed by atoms with van der Waals surface area (Å²) in [4.78, 5) is 2.71. The van der Waals surface area contributed by atoms with E-state index in [2.05, 4.69) is 55.1 Å². The molecule has 0 aliphatic heterocycles. The van der Waals surface area contributed by atoms with Gasteiger partial charge in [0.15, 0.2) is 0 Å². The molecule has 0 fully saturated rings. The number of para-hydroxylation sites is 1. The van der Waals surface area contributed by atoms with E-state index in [1.165, 1.54) is 11.3 Å². The minimum absolute atomic E-state index is 0.436. The number of rotatable bonds is 4. The van der Waals surface area contributed by atoms with Crippen molar-refractivity contribution in [2.24, 2.45) is 5.73 Å². The highest BCUT2D eigenvalue weighted by Gasteiger charge is 2.09. The molecule has 0 unspecified atom stereocenters. The van der Waals surface area contributed by atoms with Crippen LogP contribution in [0, 0.1) is 6.92 Å². The standard InChI is InChI=1S/C16H18N2S/c1-3-18(15-7-5-4-6-12(15)2)14-10-8-13(9-11-14)16(17)19/h4-11H,3H2,1-2H3,(H2,17,19). The van der Waals surface area contributed by atoms with Gasteiger partial charge in [0.2, 0.25) is 0 Å². The van der Waals surface area contributed by atoms with Crippen molar-refractivity contribution in [1.82, 2.24) is 0 Å². The first-order chi connectivity index (χ1) is 9.13. The molecule has 3 heteroatoms. The van der Waals surface area contributed by atoms with Gasteiger partial charge in [0.05, 0.1) is 0 Å². The summed E-state index contributed by atoms with van der Waals surface area (Å²) in [5.41, 5.74) is 10.2. The SMILES string of the molecule is CCN(c1ccc(C(N)=S)cc1)c1ccccc1C. The van der Waals surface area contributed by atoms with Gasteiger partial charge < -0.3 is 10.6 Å². The molecule has 0 aromatic heterocycles. The Bertz CT molecular complexity index is 576. The molecule has 2 aromatic carbocycles. The normalized spacial score (nSPS) is 10.2. The molecular formula is C16H18N2S. The minimum atomic E-state index is 0.436. The molecule has 0 aliphatic rings. The summed E-state index contributed by atoms with van der Waals surface area (Å²) in [7, 11) is 0. The van der Waals surface area contributed by atoms with Crippen LogP contribution in [0.5, 0.6) is 0 Å². The van der Waals surface area contributed by atoms with Gasteiger partial charge in [-0.25, -0.2) is 0 Å². The molecular weight excluding hydrogens is 252 g/mol. The summed E-state index contributed by atoms with van der Waals surface area (Å²) in [6.07, 6.45) is 0. The lowest BCUT2D eigenvalue weighted by Crippen LogP contribution is -2.17. The fourth-order valence-corrected chi connectivity index (χ4v) is 2.30. The highest BCUT2D eigenvalue weighted by Crippen LogP contribution is 2.28. The predicted molar refractivity (Wildman–Crippen MR) is 86.2 cm³/mol. The first-order valence-corrected chi connectivity index (χ1v) is 6.77. The van der Waals surface area contributed by atoms with Crippen LogP contribution in [0.4, 0.5) is 11.4 Å². The third kappa shape index (κ3) is 2.93. The molecule has 0 aliphatic carbocycles. The van der Waals surface area contributed by atoms with Crippen LogP contribution in [-0.2, 0) is 0 Å². The Kier molecular flexibility index (Phi) is 4.17. The molecule has 2 rings (SSSR count). The van der Waals surface area contributed by atoms with Crippen LogP contribution in [0.25, 0.3) is 0 Å². The molecule has 0 saturated heterocycles. The molecule has 0 atom stereocenters. The Morgan fingerprint density at radius 2 is 1.74 bits per heavy atom. The van der Waals surface area contributed by atoms with Crippen molar-refractivity contribution in [1.29, 1.82) is 0 Å². The monoisotopic (exact) mass is 270 g/mol. The quantitative estimate of drug-likeness (QED) is 0.857. The van der Waals surface area contributed by atoms with E-state index in [0.717, 1.165) is 17.8 Å². The molecule has 0 bridgehead atoms. The van der Waals surface area contributed by atoms with Crippen LogP contribution in [-0.4, -0.2) is 11.5 Å². The van der Waals surface area contributed by atoms with Crippen molar-refractivity contribution in [3.05, 3.63) is 59.7 Å². The molecule has 0 heterocycles. The van der Waals surface area contributed by atoms with Crippen molar-refractivity contribution < 1.29 is 0 Å². The molecule has 0 saturated carbocycles. The van der Waals surface area contributed by atoms with Crippen LogP contribution in [0.1, 0.15) is 18.1 Å². The van der Waals surface area contributed by atoms with E-state index in [1.54, 1.807) is 0 Å². The summed E-state index contributed by atoms with van der Waals surface area (Å²) in [5, 5.41) is 0. The van der Waals surface area contributed by atoms with Gasteiger partial charge in [0.25, 0.3) is 0 Å². The van der Waals surface area contributed by atoms with Crippen LogP contribution in [0.3, 0.4) is 0 Å². The molecule has 2 aromatic rings. The zero-order valence-electron chi connectivity index (χ0n) is 11.3. The summed E-state index contributed by atoms with van der Waals surface area (Å²) in [5.74, 6) is 0. The van der Waals surface area contributed by atoms with Gasteiger partial charge in [-0.05, 0) is 49.7 Å². The van der Waals surface area contributed by atoms with Crippen molar-refractivity contribution >= 4 is 28.6 Å². The number of aryl methyl sites for hydroxylation is 1. The minimum Gasteiger partial charge on any atom is -0.389 e. The second-order valence-corrected chi connectivity index (χ2v) is 4.88. The van der Waals surface area contributed by atoms with E-state index in [4.69, 9.17) is 18.0 Å². The molecule has 98 valence electrons. The Labute approximate surface area is 119 Å². The average molecular weight is 270 g/mol. The third-order valence-corrected chi connectivity index (χ3v) is 3.42. The summed E-state index contributed by atoms with van der Waals surface area (Å²) in [6.45, 7) is 5.19. The fraction of sp³-hybridized carbons (Fsp3) is 0.188. The number of hydrogen-bond donors (Lipinski definition) is 1. The average Bonchev–Trinajstić information content (AvgIpc) is 2.42. The molecule has 0 spiro atoms. The number of anilines is 2. The van der Waals surface area contributed by atoms with Crippen molar-refractivity contribution in [2.45, 2.75) is 13.8 Å². The fourth-order valence-electron chi connectivity index (χ4n) is 2.16. The van der Waals surface area contributed by atoms with Crippen LogP contribution in [0.15, 0.2) is 48.5 Å². The predicted octanol–water partition coefficient (Wildman–Crippen LogP) is 3.79. The molecule has 19 heavy (non-hydrogen) atoms. The second kappa shape index (κ2) is 5.85. The van der Waals surface area contributed by atoms with E-state index in [-0.39, 0.29) is 0 Å². The van der Waals surface area contributed by atoms with Gasteiger partial charge in [-0.3, -0.25) is 0 Å². The lowest BCUT2D eigenvalue weighted by Gasteiger charge is -2.25. The van der Waals surface area contributed by atoms with Gasteiger partial charge in [-0.15, -0.1) is 0 Å². The van der Waals surface area contributed by atoms with Gasteiger partial charge in [0, 0.05) is 23.5 Å². The summed E-state index contributed by atoms with van der Waals surface area (Å²) in [6, 6.07) is 16.4. The lowest BCUT2D eigenvalue weighted by atomic mass is 10.1. The highest BCUT2D eigenvalue weighted by atomic mass is 32.1. The van der Waals surface area contributed by atoms with E-state index in [1.807, 2.05) is 12.1 Å². The van der Waals surface area contributed by atoms with Crippen molar-refractivity contribution in [2.75, 3.05) is 11.4 Å². The number of nitrogens with two attached hydrogens (primary N) is 1. The number of benzene rings is 2. The molecule has 0 amide bonds. The van der Waals surface area contributed by atoms with Gasteiger partial charge >= 0.3 is 0 Å². The maximum Gasteiger partial charge on any atom is 0.103 e. The van der Waals surface area contributed by atoms with Crippen LogP contribution >= 0.6 is 12.2 Å². The van der Waals surface area contributed by atoms with Crippen LogP contribution in [0.2, 0.25) is 0 Å². The first-order valence-electron chi connectivity index (χ1n) is 6.36. The summed E-state index contributed by atoms with van der Waals surface area (Å²) >= 11 is 4.98. The molecule has 2 nitrogen and oxygen atoms in total. The summed E-state index contributed by atoms with van der Waals surface area (Å²) < 4.78 is 0. The van der Waals surface area contributed by atoms with Crippen molar-refractivity contribution in [3.63, 3.8) is 0 Å². The van der Waals surface area contributed by atoms with Crippen molar-refractivity contribution in [3.8, 4) is 0 Å². The third-order valence-electron chi connectivity index (χ3n) is 3.19. The molecule has 0 radical (unpaired) electrons. The number of nitrogens with zero attached hydrogens (tertiary/aromatic N) is 1. The van der Waals surface area contributed by atoms with E-state index in [9.17, 15) is 0 Å². The topological polar surface area (TPSA) is 29.3 Å². The zero-order valence-corrected chi connectivity index (χ0v) is 12.1. The smallest absolute Gasteiger partial charge is 0.103 e. The Hall–Kier alpha value is -1.87. The Morgan fingerprint density at radius 1 is 1.11 bits per heavy atom. The molecule has 2 N–H and O–H groups in total. The van der Waals surface area contributed by atoms with E-state index in [0.29, 0.717) is 4.99 Å². The number of hydrogen-bond acceptors (Lipinski definition) is 2. The maximum atomic E-state index is 5.63. The second-order valence-electron chi connectivity index (χ2n) is 4.44. The van der Waals surface area contributed by atoms with Gasteiger partial charge in [-0.2, -0.15) is 0 Å². The van der Waals surface area contributed by atoms with Crippen LogP contribution < -0.4 is 10.6 Å². The van der Waals surface area contributed by atoms with E-state index < -0.39 is 0 Å². The van der Waals surface area contributed by atoms with Gasteiger partial charge in [0.1, 0.15) is 4.99 Å². The first kappa shape index (κ1) is 13.6. The van der Waals surface area contributed by atoms with E-state index >= 15 is 0 Å². The Morgan fingerprint density at radius 3 is 2.26 bits per heavy atom. The Balaban J connectivity index is 2.37.